The maximum atomic E-state index is 11.4. The number of methoxy groups -OCH3 is 1. The molecule has 0 aromatic carbocycles. The van der Waals surface area contributed by atoms with E-state index in [-0.39, 0.29) is 5.91 Å². The SMILES string of the molecule is COC1CC(NC(=O)C2(N)CC2)C1. The molecule has 2 aliphatic rings. The van der Waals surface area contributed by atoms with Gasteiger partial charge in [0.25, 0.3) is 0 Å². The van der Waals surface area contributed by atoms with Crippen LogP contribution in [0.3, 0.4) is 0 Å². The molecule has 4 nitrogen and oxygen atoms in total. The molecule has 74 valence electrons. The van der Waals surface area contributed by atoms with Gasteiger partial charge in [-0.3, -0.25) is 4.79 Å². The summed E-state index contributed by atoms with van der Waals surface area (Å²) in [5.41, 5.74) is 5.21. The fourth-order valence-electron chi connectivity index (χ4n) is 1.57. The third kappa shape index (κ3) is 1.69. The number of carbonyl (C=O) groups excluding carboxylic acids is 1. The zero-order valence-electron chi connectivity index (χ0n) is 7.88. The number of hydrogen-bond donors (Lipinski definition) is 2. The van der Waals surface area contributed by atoms with E-state index >= 15 is 0 Å². The van der Waals surface area contributed by atoms with Crippen LogP contribution in [0.25, 0.3) is 0 Å². The number of carbonyl (C=O) groups is 1. The summed E-state index contributed by atoms with van der Waals surface area (Å²) in [6.45, 7) is 0. The third-order valence-electron chi connectivity index (χ3n) is 3.00. The highest BCUT2D eigenvalue weighted by Crippen LogP contribution is 2.33. The summed E-state index contributed by atoms with van der Waals surface area (Å²) in [6.07, 6.45) is 3.85. The lowest BCUT2D eigenvalue weighted by atomic mass is 9.89. The fourth-order valence-corrected chi connectivity index (χ4v) is 1.57. The van der Waals surface area contributed by atoms with Gasteiger partial charge in [-0.05, 0) is 25.7 Å². The van der Waals surface area contributed by atoms with Gasteiger partial charge in [0.05, 0.1) is 11.6 Å². The monoisotopic (exact) mass is 184 g/mol. The predicted molar refractivity (Wildman–Crippen MR) is 48.1 cm³/mol. The van der Waals surface area contributed by atoms with Crippen molar-refractivity contribution in [3.05, 3.63) is 0 Å². The fraction of sp³-hybridized carbons (Fsp3) is 0.889. The standard InChI is InChI=1S/C9H16N2O2/c1-13-7-4-6(5-7)11-8(12)9(10)2-3-9/h6-7H,2-5,10H2,1H3,(H,11,12). The molecule has 3 N–H and O–H groups in total. The normalized spacial score (nSPS) is 34.9. The van der Waals surface area contributed by atoms with Crippen LogP contribution < -0.4 is 11.1 Å². The van der Waals surface area contributed by atoms with Crippen LogP contribution >= 0.6 is 0 Å². The van der Waals surface area contributed by atoms with E-state index in [1.165, 1.54) is 0 Å². The molecule has 0 saturated heterocycles. The van der Waals surface area contributed by atoms with E-state index in [0.717, 1.165) is 25.7 Å². The second-order valence-electron chi connectivity index (χ2n) is 4.16. The first-order valence-corrected chi connectivity index (χ1v) is 4.77. The molecule has 2 rings (SSSR count). The van der Waals surface area contributed by atoms with Crippen LogP contribution in [0.1, 0.15) is 25.7 Å². The van der Waals surface area contributed by atoms with Crippen LogP contribution in [-0.4, -0.2) is 30.7 Å². The summed E-state index contributed by atoms with van der Waals surface area (Å²) in [6, 6.07) is 0.290. The highest BCUT2D eigenvalue weighted by Gasteiger charge is 2.47. The Labute approximate surface area is 77.8 Å². The topological polar surface area (TPSA) is 64.3 Å². The molecule has 0 aromatic rings. The zero-order valence-corrected chi connectivity index (χ0v) is 7.88. The molecular weight excluding hydrogens is 168 g/mol. The third-order valence-corrected chi connectivity index (χ3v) is 3.00. The summed E-state index contributed by atoms with van der Waals surface area (Å²) < 4.78 is 5.12. The van der Waals surface area contributed by atoms with Crippen molar-refractivity contribution in [2.45, 2.75) is 43.4 Å². The highest BCUT2D eigenvalue weighted by molar-refractivity contribution is 5.89. The van der Waals surface area contributed by atoms with Crippen molar-refractivity contribution in [1.29, 1.82) is 0 Å². The van der Waals surface area contributed by atoms with Crippen LogP contribution in [0.15, 0.2) is 0 Å². The maximum Gasteiger partial charge on any atom is 0.240 e. The molecule has 2 aliphatic carbocycles. The molecule has 0 radical (unpaired) electrons. The molecule has 0 aromatic heterocycles. The largest absolute Gasteiger partial charge is 0.381 e. The van der Waals surface area contributed by atoms with E-state index in [9.17, 15) is 4.79 Å². The van der Waals surface area contributed by atoms with Gasteiger partial charge in [0.2, 0.25) is 5.91 Å². The van der Waals surface area contributed by atoms with E-state index in [1.807, 2.05) is 0 Å². The molecule has 0 spiro atoms. The van der Waals surface area contributed by atoms with E-state index in [2.05, 4.69) is 5.32 Å². The molecule has 0 unspecified atom stereocenters. The van der Waals surface area contributed by atoms with Crippen LogP contribution in [0, 0.1) is 0 Å². The van der Waals surface area contributed by atoms with Crippen molar-refractivity contribution in [3.63, 3.8) is 0 Å². The maximum absolute atomic E-state index is 11.4. The minimum atomic E-state index is -0.530. The lowest BCUT2D eigenvalue weighted by Gasteiger charge is -2.35. The van der Waals surface area contributed by atoms with E-state index in [4.69, 9.17) is 10.5 Å². The quantitative estimate of drug-likeness (QED) is 0.637. The molecule has 1 amide bonds. The Balaban J connectivity index is 1.72. The van der Waals surface area contributed by atoms with Gasteiger partial charge in [-0.25, -0.2) is 0 Å². The number of ether oxygens (including phenoxy) is 1. The number of hydrogen-bond acceptors (Lipinski definition) is 3. The van der Waals surface area contributed by atoms with Crippen LogP contribution in [-0.2, 0) is 9.53 Å². The Bertz CT molecular complexity index is 220. The average molecular weight is 184 g/mol. The molecule has 13 heavy (non-hydrogen) atoms. The van der Waals surface area contributed by atoms with E-state index < -0.39 is 5.54 Å². The number of nitrogens with one attached hydrogen (secondary N) is 1. The predicted octanol–water partition coefficient (Wildman–Crippen LogP) is -0.229. The van der Waals surface area contributed by atoms with E-state index in [1.54, 1.807) is 7.11 Å². The minimum Gasteiger partial charge on any atom is -0.381 e. The van der Waals surface area contributed by atoms with Gasteiger partial charge in [0.1, 0.15) is 0 Å². The minimum absolute atomic E-state index is 0.0204. The van der Waals surface area contributed by atoms with Gasteiger partial charge in [0.15, 0.2) is 0 Å². The Morgan fingerprint density at radius 3 is 2.62 bits per heavy atom. The van der Waals surface area contributed by atoms with Crippen LogP contribution in [0.5, 0.6) is 0 Å². The number of rotatable bonds is 3. The molecule has 0 bridgehead atoms. The van der Waals surface area contributed by atoms with Gasteiger partial charge in [-0.15, -0.1) is 0 Å². The smallest absolute Gasteiger partial charge is 0.240 e. The molecule has 0 atom stereocenters. The van der Waals surface area contributed by atoms with Crippen molar-refractivity contribution in [2.75, 3.05) is 7.11 Å². The van der Waals surface area contributed by atoms with Crippen molar-refractivity contribution in [3.8, 4) is 0 Å². The summed E-state index contributed by atoms with van der Waals surface area (Å²) in [4.78, 5) is 11.4. The Morgan fingerprint density at radius 1 is 1.54 bits per heavy atom. The molecular formula is C9H16N2O2. The molecule has 0 aliphatic heterocycles. The van der Waals surface area contributed by atoms with Crippen LogP contribution in [0.2, 0.25) is 0 Å². The summed E-state index contributed by atoms with van der Waals surface area (Å²) in [5, 5.41) is 2.94. The van der Waals surface area contributed by atoms with Crippen molar-refractivity contribution >= 4 is 5.91 Å². The summed E-state index contributed by atoms with van der Waals surface area (Å²) >= 11 is 0. The lowest BCUT2D eigenvalue weighted by molar-refractivity contribution is -0.125. The summed E-state index contributed by atoms with van der Waals surface area (Å²) in [5.74, 6) is 0.0204. The first kappa shape index (κ1) is 8.97. The first-order chi connectivity index (χ1) is 6.14. The Kier molecular flexibility index (Phi) is 2.04. The second kappa shape index (κ2) is 2.96. The second-order valence-corrected chi connectivity index (χ2v) is 4.16. The van der Waals surface area contributed by atoms with Gasteiger partial charge in [0, 0.05) is 13.2 Å². The molecule has 2 saturated carbocycles. The van der Waals surface area contributed by atoms with Crippen molar-refractivity contribution in [1.82, 2.24) is 5.32 Å². The van der Waals surface area contributed by atoms with Gasteiger partial charge < -0.3 is 15.8 Å². The lowest BCUT2D eigenvalue weighted by Crippen LogP contribution is -2.53. The van der Waals surface area contributed by atoms with Gasteiger partial charge in [-0.2, -0.15) is 0 Å². The average Bonchev–Trinajstić information content (AvgIpc) is 2.76. The number of nitrogens with two attached hydrogens (primary N) is 1. The van der Waals surface area contributed by atoms with Crippen LogP contribution in [0.4, 0.5) is 0 Å². The van der Waals surface area contributed by atoms with Gasteiger partial charge in [-0.1, -0.05) is 0 Å². The van der Waals surface area contributed by atoms with E-state index in [0.29, 0.717) is 12.1 Å². The molecule has 2 fully saturated rings. The van der Waals surface area contributed by atoms with Crippen molar-refractivity contribution in [2.24, 2.45) is 5.73 Å². The van der Waals surface area contributed by atoms with Gasteiger partial charge >= 0.3 is 0 Å². The van der Waals surface area contributed by atoms with Crippen molar-refractivity contribution < 1.29 is 9.53 Å². The highest BCUT2D eigenvalue weighted by atomic mass is 16.5. The Morgan fingerprint density at radius 2 is 2.15 bits per heavy atom. The Hall–Kier alpha value is -0.610. The summed E-state index contributed by atoms with van der Waals surface area (Å²) in [7, 11) is 1.70. The molecule has 0 heterocycles. The first-order valence-electron chi connectivity index (χ1n) is 4.77. The molecule has 4 heteroatoms. The zero-order chi connectivity index (χ0) is 9.47. The number of amides is 1.